The summed E-state index contributed by atoms with van der Waals surface area (Å²) in [6.07, 6.45) is 1.07. The Labute approximate surface area is 158 Å². The van der Waals surface area contributed by atoms with Crippen molar-refractivity contribution in [3.8, 4) is 17.1 Å². The van der Waals surface area contributed by atoms with Crippen LogP contribution in [0.3, 0.4) is 0 Å². The van der Waals surface area contributed by atoms with Gasteiger partial charge in [-0.15, -0.1) is 0 Å². The van der Waals surface area contributed by atoms with Crippen molar-refractivity contribution in [1.29, 1.82) is 0 Å². The van der Waals surface area contributed by atoms with E-state index in [-0.39, 0.29) is 0 Å². The van der Waals surface area contributed by atoms with Crippen LogP contribution in [0.1, 0.15) is 11.1 Å². The SMILES string of the molecule is COc1cccc(-c2nn(CN3CCc4ccccc4C3)c(=S)n2C)c1. The molecule has 5 nitrogen and oxygen atoms in total. The number of hydrogen-bond acceptors (Lipinski definition) is 4. The number of aromatic nitrogens is 3. The van der Waals surface area contributed by atoms with E-state index in [0.29, 0.717) is 6.67 Å². The second kappa shape index (κ2) is 7.05. The summed E-state index contributed by atoms with van der Waals surface area (Å²) in [6, 6.07) is 16.6. The van der Waals surface area contributed by atoms with Crippen LogP contribution in [0.4, 0.5) is 0 Å². The predicted octanol–water partition coefficient (Wildman–Crippen LogP) is 3.64. The average molecular weight is 366 g/mol. The molecule has 0 radical (unpaired) electrons. The fraction of sp³-hybridized carbons (Fsp3) is 0.300. The molecule has 1 aliphatic rings. The topological polar surface area (TPSA) is 35.2 Å². The largest absolute Gasteiger partial charge is 0.497 e. The van der Waals surface area contributed by atoms with Crippen LogP contribution < -0.4 is 4.74 Å². The molecule has 134 valence electrons. The Morgan fingerprint density at radius 2 is 1.92 bits per heavy atom. The van der Waals surface area contributed by atoms with Crippen molar-refractivity contribution in [3.05, 3.63) is 64.4 Å². The minimum Gasteiger partial charge on any atom is -0.497 e. The van der Waals surface area contributed by atoms with Gasteiger partial charge in [-0.25, -0.2) is 4.68 Å². The Kier molecular flexibility index (Phi) is 4.61. The van der Waals surface area contributed by atoms with E-state index in [9.17, 15) is 0 Å². The van der Waals surface area contributed by atoms with Crippen LogP contribution in [0.15, 0.2) is 48.5 Å². The number of hydrogen-bond donors (Lipinski definition) is 0. The minimum absolute atomic E-state index is 0.699. The first-order valence-corrected chi connectivity index (χ1v) is 9.14. The Morgan fingerprint density at radius 3 is 2.73 bits per heavy atom. The van der Waals surface area contributed by atoms with Crippen molar-refractivity contribution in [2.75, 3.05) is 13.7 Å². The minimum atomic E-state index is 0.699. The Bertz CT molecular complexity index is 991. The standard InChI is InChI=1S/C20H22N4OS/c1-22-19(16-8-5-9-18(12-16)25-2)21-24(20(22)26)14-23-11-10-15-6-3-4-7-17(15)13-23/h3-9,12H,10-11,13-14H2,1-2H3. The number of rotatable bonds is 4. The van der Waals surface area contributed by atoms with E-state index < -0.39 is 0 Å². The van der Waals surface area contributed by atoms with Crippen LogP contribution >= 0.6 is 12.2 Å². The van der Waals surface area contributed by atoms with Gasteiger partial charge in [0.2, 0.25) is 0 Å². The quantitative estimate of drug-likeness (QED) is 0.661. The zero-order chi connectivity index (χ0) is 18.1. The van der Waals surface area contributed by atoms with E-state index in [2.05, 4.69) is 29.2 Å². The fourth-order valence-electron chi connectivity index (χ4n) is 3.46. The Morgan fingerprint density at radius 1 is 1.12 bits per heavy atom. The maximum atomic E-state index is 5.63. The van der Waals surface area contributed by atoms with Gasteiger partial charge in [-0.1, -0.05) is 36.4 Å². The lowest BCUT2D eigenvalue weighted by Gasteiger charge is -2.28. The van der Waals surface area contributed by atoms with Crippen molar-refractivity contribution in [2.45, 2.75) is 19.6 Å². The molecule has 0 unspecified atom stereocenters. The van der Waals surface area contributed by atoms with Gasteiger partial charge in [0.15, 0.2) is 10.6 Å². The van der Waals surface area contributed by atoms with Crippen LogP contribution in [0.5, 0.6) is 5.75 Å². The molecule has 0 saturated heterocycles. The number of fused-ring (bicyclic) bond motifs is 1. The summed E-state index contributed by atoms with van der Waals surface area (Å²) in [5.74, 6) is 1.67. The second-order valence-corrected chi connectivity index (χ2v) is 6.97. The summed E-state index contributed by atoms with van der Waals surface area (Å²) >= 11 is 5.63. The van der Waals surface area contributed by atoms with Gasteiger partial charge in [-0.05, 0) is 41.9 Å². The molecule has 26 heavy (non-hydrogen) atoms. The van der Waals surface area contributed by atoms with E-state index >= 15 is 0 Å². The third-order valence-corrected chi connectivity index (χ3v) is 5.40. The van der Waals surface area contributed by atoms with E-state index in [0.717, 1.165) is 41.4 Å². The molecular weight excluding hydrogens is 344 g/mol. The smallest absolute Gasteiger partial charge is 0.199 e. The molecule has 0 amide bonds. The molecule has 0 atom stereocenters. The summed E-state index contributed by atoms with van der Waals surface area (Å²) in [4.78, 5) is 2.39. The van der Waals surface area contributed by atoms with Crippen LogP contribution in [0.2, 0.25) is 0 Å². The second-order valence-electron chi connectivity index (χ2n) is 6.61. The van der Waals surface area contributed by atoms with Crippen LogP contribution in [0, 0.1) is 4.77 Å². The van der Waals surface area contributed by atoms with Gasteiger partial charge in [0.05, 0.1) is 13.8 Å². The zero-order valence-corrected chi connectivity index (χ0v) is 15.9. The monoisotopic (exact) mass is 366 g/mol. The molecule has 1 aromatic heterocycles. The summed E-state index contributed by atoms with van der Waals surface area (Å²) in [5.41, 5.74) is 3.85. The summed E-state index contributed by atoms with van der Waals surface area (Å²) in [6.45, 7) is 2.65. The summed E-state index contributed by atoms with van der Waals surface area (Å²) in [5, 5.41) is 4.78. The first-order chi connectivity index (χ1) is 12.7. The first-order valence-electron chi connectivity index (χ1n) is 8.73. The molecule has 4 rings (SSSR count). The summed E-state index contributed by atoms with van der Waals surface area (Å²) < 4.78 is 9.93. The lowest BCUT2D eigenvalue weighted by Crippen LogP contribution is -2.32. The van der Waals surface area contributed by atoms with Crippen molar-refractivity contribution >= 4 is 12.2 Å². The average Bonchev–Trinajstić information content (AvgIpc) is 2.96. The van der Waals surface area contributed by atoms with Crippen LogP contribution in [0.25, 0.3) is 11.4 Å². The van der Waals surface area contributed by atoms with E-state index in [1.54, 1.807) is 7.11 Å². The van der Waals surface area contributed by atoms with Crippen molar-refractivity contribution in [3.63, 3.8) is 0 Å². The molecule has 2 aromatic carbocycles. The van der Waals surface area contributed by atoms with Gasteiger partial charge in [-0.3, -0.25) is 4.90 Å². The lowest BCUT2D eigenvalue weighted by molar-refractivity contribution is 0.188. The third kappa shape index (κ3) is 3.18. The van der Waals surface area contributed by atoms with Crippen molar-refractivity contribution < 1.29 is 4.74 Å². The number of nitrogens with zero attached hydrogens (tertiary/aromatic N) is 4. The van der Waals surface area contributed by atoms with Crippen LogP contribution in [-0.2, 0) is 26.7 Å². The van der Waals surface area contributed by atoms with Gasteiger partial charge in [-0.2, -0.15) is 5.10 Å². The highest BCUT2D eigenvalue weighted by molar-refractivity contribution is 7.71. The Balaban J connectivity index is 1.60. The van der Waals surface area contributed by atoms with E-state index in [4.69, 9.17) is 22.1 Å². The predicted molar refractivity (Wildman–Crippen MR) is 105 cm³/mol. The molecule has 0 spiro atoms. The van der Waals surface area contributed by atoms with E-state index in [1.807, 2.05) is 40.6 Å². The van der Waals surface area contributed by atoms with Gasteiger partial charge in [0, 0.05) is 25.7 Å². The number of benzene rings is 2. The molecule has 0 N–H and O–H groups in total. The summed E-state index contributed by atoms with van der Waals surface area (Å²) in [7, 11) is 3.64. The molecular formula is C20H22N4OS. The number of methoxy groups -OCH3 is 1. The third-order valence-electron chi connectivity index (χ3n) is 4.91. The number of ether oxygens (including phenoxy) is 1. The highest BCUT2D eigenvalue weighted by atomic mass is 32.1. The van der Waals surface area contributed by atoms with Gasteiger partial charge >= 0.3 is 0 Å². The zero-order valence-electron chi connectivity index (χ0n) is 15.1. The van der Waals surface area contributed by atoms with Crippen molar-refractivity contribution in [2.24, 2.45) is 7.05 Å². The molecule has 0 fully saturated rings. The maximum absolute atomic E-state index is 5.63. The molecule has 0 aliphatic carbocycles. The Hall–Kier alpha value is -2.44. The fourth-order valence-corrected chi connectivity index (χ4v) is 3.64. The molecule has 3 aromatic rings. The maximum Gasteiger partial charge on any atom is 0.199 e. The highest BCUT2D eigenvalue weighted by Crippen LogP contribution is 2.23. The molecule has 0 bridgehead atoms. The van der Waals surface area contributed by atoms with E-state index in [1.165, 1.54) is 11.1 Å². The molecule has 1 aliphatic heterocycles. The highest BCUT2D eigenvalue weighted by Gasteiger charge is 2.18. The molecule has 2 heterocycles. The lowest BCUT2D eigenvalue weighted by atomic mass is 10.0. The van der Waals surface area contributed by atoms with Gasteiger partial charge in [0.1, 0.15) is 5.75 Å². The molecule has 0 saturated carbocycles. The van der Waals surface area contributed by atoms with Gasteiger partial charge in [0.25, 0.3) is 0 Å². The van der Waals surface area contributed by atoms with Gasteiger partial charge < -0.3 is 9.30 Å². The first kappa shape index (κ1) is 17.0. The van der Waals surface area contributed by atoms with Crippen molar-refractivity contribution in [1.82, 2.24) is 19.2 Å². The normalized spacial score (nSPS) is 14.2. The molecule has 6 heteroatoms. The van der Waals surface area contributed by atoms with Crippen LogP contribution in [-0.4, -0.2) is 32.9 Å².